The first kappa shape index (κ1) is 20.0. The molecule has 0 radical (unpaired) electrons. The minimum absolute atomic E-state index is 0. The molecule has 3 atom stereocenters. The Hall–Kier alpha value is -1.02. The van der Waals surface area contributed by atoms with Crippen LogP contribution in [0.1, 0.15) is 32.6 Å². The Morgan fingerprint density at radius 1 is 1.39 bits per heavy atom. The molecule has 2 aliphatic rings. The smallest absolute Gasteiger partial charge is 0.338 e. The van der Waals surface area contributed by atoms with E-state index in [1.807, 2.05) is 6.92 Å². The van der Waals surface area contributed by atoms with E-state index in [-0.39, 0.29) is 43.4 Å². The van der Waals surface area contributed by atoms with Crippen LogP contribution >= 0.6 is 12.4 Å². The van der Waals surface area contributed by atoms with E-state index in [0.29, 0.717) is 6.54 Å². The van der Waals surface area contributed by atoms with E-state index >= 15 is 0 Å². The van der Waals surface area contributed by atoms with E-state index < -0.39 is 24.5 Å². The minimum Gasteiger partial charge on any atom is -0.338 e. The number of amides is 2. The van der Waals surface area contributed by atoms with Gasteiger partial charge in [-0.15, -0.1) is 12.4 Å². The maximum absolute atomic E-state index is 12.6. The summed E-state index contributed by atoms with van der Waals surface area (Å²) in [6.45, 7) is 0.951. The molecule has 2 aliphatic heterocycles. The van der Waals surface area contributed by atoms with Crippen molar-refractivity contribution in [3.8, 4) is 0 Å². The van der Waals surface area contributed by atoms with Gasteiger partial charge in [-0.3, -0.25) is 9.59 Å². The van der Waals surface area contributed by atoms with E-state index in [4.69, 9.17) is 5.73 Å². The van der Waals surface area contributed by atoms with Gasteiger partial charge in [0.25, 0.3) is 0 Å². The van der Waals surface area contributed by atoms with Crippen molar-refractivity contribution in [3.63, 3.8) is 0 Å². The molecule has 2 heterocycles. The van der Waals surface area contributed by atoms with Gasteiger partial charge in [0.1, 0.15) is 6.54 Å². The third-order valence-corrected chi connectivity index (χ3v) is 4.37. The van der Waals surface area contributed by atoms with Gasteiger partial charge in [0, 0.05) is 31.6 Å². The Labute approximate surface area is 139 Å². The number of nitrogens with zero attached hydrogens (tertiary/aromatic N) is 2. The summed E-state index contributed by atoms with van der Waals surface area (Å²) >= 11 is 0. The zero-order valence-electron chi connectivity index (χ0n) is 13.0. The third-order valence-electron chi connectivity index (χ3n) is 4.37. The highest BCUT2D eigenvalue weighted by atomic mass is 35.5. The molecule has 5 nitrogen and oxygen atoms in total. The van der Waals surface area contributed by atoms with E-state index in [0.717, 1.165) is 24.2 Å². The van der Waals surface area contributed by atoms with Crippen LogP contribution in [0.5, 0.6) is 0 Å². The lowest BCUT2D eigenvalue weighted by Crippen LogP contribution is -2.53. The van der Waals surface area contributed by atoms with Crippen LogP contribution in [0.2, 0.25) is 0 Å². The molecule has 2 saturated heterocycles. The van der Waals surface area contributed by atoms with Crippen molar-refractivity contribution >= 4 is 24.2 Å². The summed E-state index contributed by atoms with van der Waals surface area (Å²) in [6, 6.07) is -0.277. The molecule has 2 rings (SSSR count). The number of piperidine rings is 1. The lowest BCUT2D eigenvalue weighted by atomic mass is 9.94. The molecule has 134 valence electrons. The second-order valence-corrected chi connectivity index (χ2v) is 6.24. The number of nitrogens with two attached hydrogens (primary N) is 1. The van der Waals surface area contributed by atoms with Crippen LogP contribution in [0.25, 0.3) is 0 Å². The van der Waals surface area contributed by atoms with Gasteiger partial charge in [0.05, 0.1) is 5.92 Å². The first-order valence-electron chi connectivity index (χ1n) is 7.59. The van der Waals surface area contributed by atoms with E-state index in [9.17, 15) is 22.8 Å². The minimum atomic E-state index is -4.44. The van der Waals surface area contributed by atoms with Gasteiger partial charge in [-0.25, -0.2) is 0 Å². The summed E-state index contributed by atoms with van der Waals surface area (Å²) in [5.74, 6) is -1.53. The summed E-state index contributed by atoms with van der Waals surface area (Å²) in [5, 5.41) is 0. The van der Waals surface area contributed by atoms with Crippen molar-refractivity contribution in [2.45, 2.75) is 50.9 Å². The van der Waals surface area contributed by atoms with Crippen molar-refractivity contribution in [2.24, 2.45) is 11.7 Å². The predicted octanol–water partition coefficient (Wildman–Crippen LogP) is 1.55. The molecule has 2 amide bonds. The third kappa shape index (κ3) is 4.97. The Morgan fingerprint density at radius 3 is 2.61 bits per heavy atom. The van der Waals surface area contributed by atoms with Gasteiger partial charge in [-0.05, 0) is 26.2 Å². The van der Waals surface area contributed by atoms with Crippen molar-refractivity contribution < 1.29 is 22.8 Å². The summed E-state index contributed by atoms with van der Waals surface area (Å²) < 4.78 is 37.3. The molecule has 2 N–H and O–H groups in total. The maximum Gasteiger partial charge on any atom is 0.406 e. The average Bonchev–Trinajstić information content (AvgIpc) is 2.77. The Morgan fingerprint density at radius 2 is 2.04 bits per heavy atom. The number of hydrogen-bond donors (Lipinski definition) is 1. The lowest BCUT2D eigenvalue weighted by Gasteiger charge is -2.39. The second-order valence-electron chi connectivity index (χ2n) is 6.24. The summed E-state index contributed by atoms with van der Waals surface area (Å²) in [6.07, 6.45) is -1.93. The number of carbonyl (C=O) groups is 2. The topological polar surface area (TPSA) is 66.6 Å². The van der Waals surface area contributed by atoms with E-state index in [1.54, 1.807) is 4.90 Å². The van der Waals surface area contributed by atoms with Gasteiger partial charge in [0.15, 0.2) is 0 Å². The molecule has 0 aromatic heterocycles. The van der Waals surface area contributed by atoms with Crippen molar-refractivity contribution in [3.05, 3.63) is 0 Å². The van der Waals surface area contributed by atoms with E-state index in [1.165, 1.54) is 0 Å². The zero-order chi connectivity index (χ0) is 16.5. The number of hydrogen-bond acceptors (Lipinski definition) is 3. The first-order valence-corrected chi connectivity index (χ1v) is 7.59. The largest absolute Gasteiger partial charge is 0.406 e. The lowest BCUT2D eigenvalue weighted by molar-refractivity contribution is -0.157. The molecule has 9 heteroatoms. The van der Waals surface area contributed by atoms with Crippen LogP contribution in [0.15, 0.2) is 0 Å². The van der Waals surface area contributed by atoms with Crippen LogP contribution in [-0.2, 0) is 9.59 Å². The van der Waals surface area contributed by atoms with Crippen LogP contribution in [-0.4, -0.2) is 59.5 Å². The molecule has 23 heavy (non-hydrogen) atoms. The Balaban J connectivity index is 0.00000264. The van der Waals surface area contributed by atoms with Crippen molar-refractivity contribution in [1.82, 2.24) is 9.80 Å². The van der Waals surface area contributed by atoms with Crippen LogP contribution < -0.4 is 5.73 Å². The summed E-state index contributed by atoms with van der Waals surface area (Å²) in [4.78, 5) is 26.7. The standard InChI is InChI=1S/C14H22F3N3O2.ClH/c1-9(18)11-4-2-3-5-20(11)13(22)10-6-12(21)19(7-10)8-14(15,16)17;/h9-11H,2-8,18H2,1H3;1H. The number of rotatable bonds is 3. The SMILES string of the molecule is CC(N)C1CCCCN1C(=O)C1CC(=O)N(CC(F)(F)F)C1.Cl. The van der Waals surface area contributed by atoms with Gasteiger partial charge < -0.3 is 15.5 Å². The predicted molar refractivity (Wildman–Crippen MR) is 81.0 cm³/mol. The van der Waals surface area contributed by atoms with Gasteiger partial charge in [-0.2, -0.15) is 13.2 Å². The molecule has 0 spiro atoms. The molecule has 0 bridgehead atoms. The van der Waals surface area contributed by atoms with Crippen LogP contribution in [0.4, 0.5) is 13.2 Å². The molecular weight excluding hydrogens is 335 g/mol. The molecule has 2 fully saturated rings. The second kappa shape index (κ2) is 7.70. The van der Waals surface area contributed by atoms with Gasteiger partial charge in [-0.1, -0.05) is 0 Å². The van der Waals surface area contributed by atoms with Gasteiger partial charge in [0.2, 0.25) is 11.8 Å². The molecular formula is C14H23ClF3N3O2. The first-order chi connectivity index (χ1) is 10.2. The average molecular weight is 358 g/mol. The monoisotopic (exact) mass is 357 g/mol. The quantitative estimate of drug-likeness (QED) is 0.833. The Bertz CT molecular complexity index is 445. The number of halogens is 4. The van der Waals surface area contributed by atoms with Crippen LogP contribution in [0.3, 0.4) is 0 Å². The number of carbonyl (C=O) groups excluding carboxylic acids is 2. The fraction of sp³-hybridized carbons (Fsp3) is 0.857. The fourth-order valence-corrected chi connectivity index (χ4v) is 3.32. The molecule has 0 aromatic carbocycles. The zero-order valence-corrected chi connectivity index (χ0v) is 13.8. The molecule has 0 aromatic rings. The Kier molecular flexibility index (Phi) is 6.70. The number of likely N-dealkylation sites (tertiary alicyclic amines) is 2. The molecule has 0 aliphatic carbocycles. The highest BCUT2D eigenvalue weighted by Gasteiger charge is 2.43. The normalized spacial score (nSPS) is 26.9. The molecule has 0 saturated carbocycles. The summed E-state index contributed by atoms with van der Waals surface area (Å²) in [7, 11) is 0. The highest BCUT2D eigenvalue weighted by molar-refractivity contribution is 5.89. The number of alkyl halides is 3. The highest BCUT2D eigenvalue weighted by Crippen LogP contribution is 2.28. The van der Waals surface area contributed by atoms with Gasteiger partial charge >= 0.3 is 6.18 Å². The molecule has 3 unspecified atom stereocenters. The summed E-state index contributed by atoms with van der Waals surface area (Å²) in [5.41, 5.74) is 5.91. The van der Waals surface area contributed by atoms with Crippen molar-refractivity contribution in [1.29, 1.82) is 0 Å². The van der Waals surface area contributed by atoms with Crippen molar-refractivity contribution in [2.75, 3.05) is 19.6 Å². The maximum atomic E-state index is 12.6. The van der Waals surface area contributed by atoms with E-state index in [2.05, 4.69) is 0 Å². The fourth-order valence-electron chi connectivity index (χ4n) is 3.32. The van der Waals surface area contributed by atoms with Crippen LogP contribution in [0, 0.1) is 5.92 Å².